The van der Waals surface area contributed by atoms with Gasteiger partial charge < -0.3 is 4.89 Å². The highest BCUT2D eigenvalue weighted by molar-refractivity contribution is 7.47. The third kappa shape index (κ3) is 6.55. The van der Waals surface area contributed by atoms with Gasteiger partial charge in [0.2, 0.25) is 0 Å². The molecule has 4 nitrogen and oxygen atoms in total. The van der Waals surface area contributed by atoms with E-state index in [9.17, 15) is 4.57 Å². The third-order valence-corrected chi connectivity index (χ3v) is 3.03. The molecule has 0 rings (SSSR count). The largest absolute Gasteiger partial charge is 0.471 e. The second-order valence-electron chi connectivity index (χ2n) is 3.39. The van der Waals surface area contributed by atoms with Crippen LogP contribution in [0.1, 0.15) is 39.5 Å². The summed E-state index contributed by atoms with van der Waals surface area (Å²) < 4.78 is 20.2. The summed E-state index contributed by atoms with van der Waals surface area (Å²) >= 11 is 0. The Morgan fingerprint density at radius 1 is 1.29 bits per heavy atom. The summed E-state index contributed by atoms with van der Waals surface area (Å²) in [5, 5.41) is 0. The van der Waals surface area contributed by atoms with Crippen molar-refractivity contribution in [1.29, 1.82) is 0 Å². The lowest BCUT2D eigenvalue weighted by atomic mass is 10.00. The highest BCUT2D eigenvalue weighted by Crippen LogP contribution is 2.42. The quantitative estimate of drug-likeness (QED) is 0.644. The van der Waals surface area contributed by atoms with Crippen molar-refractivity contribution < 1.29 is 18.5 Å². The lowest BCUT2D eigenvalue weighted by molar-refractivity contribution is 0.143. The Hall–Kier alpha value is 0.110. The van der Waals surface area contributed by atoms with Crippen LogP contribution in [0.4, 0.5) is 0 Å². The lowest BCUT2D eigenvalue weighted by Gasteiger charge is -2.16. The van der Waals surface area contributed by atoms with Crippen molar-refractivity contribution in [2.45, 2.75) is 39.5 Å². The number of hydrogen-bond acceptors (Lipinski definition) is 3. The molecule has 0 bridgehead atoms. The van der Waals surface area contributed by atoms with Gasteiger partial charge in [0.15, 0.2) is 0 Å². The van der Waals surface area contributed by atoms with Crippen molar-refractivity contribution in [3.05, 3.63) is 0 Å². The Bertz CT molecular complexity index is 178. The molecule has 0 aromatic carbocycles. The molecule has 0 aliphatic carbocycles. The van der Waals surface area contributed by atoms with Crippen LogP contribution in [-0.2, 0) is 13.6 Å². The number of phosphoric ester groups is 1. The molecule has 0 aliphatic rings. The first-order valence-corrected chi connectivity index (χ1v) is 6.58. The molecule has 0 aromatic heterocycles. The summed E-state index contributed by atoms with van der Waals surface area (Å²) in [5.41, 5.74) is 0. The van der Waals surface area contributed by atoms with E-state index in [2.05, 4.69) is 18.4 Å². The van der Waals surface area contributed by atoms with Crippen LogP contribution in [0.2, 0.25) is 0 Å². The zero-order valence-electron chi connectivity index (χ0n) is 9.23. The van der Waals surface area contributed by atoms with Crippen LogP contribution in [0.15, 0.2) is 0 Å². The molecular formula is C9H21O4P. The summed E-state index contributed by atoms with van der Waals surface area (Å²) in [6, 6.07) is 0. The predicted octanol–water partition coefficient (Wildman–Crippen LogP) is 2.97. The fourth-order valence-electron chi connectivity index (χ4n) is 1.38. The van der Waals surface area contributed by atoms with Gasteiger partial charge in [-0.15, -0.1) is 0 Å². The van der Waals surface area contributed by atoms with Crippen molar-refractivity contribution >= 4 is 7.82 Å². The maximum absolute atomic E-state index is 11.0. The lowest BCUT2D eigenvalue weighted by Crippen LogP contribution is -2.08. The van der Waals surface area contributed by atoms with E-state index >= 15 is 0 Å². The molecule has 1 atom stereocenters. The fraction of sp³-hybridized carbons (Fsp3) is 1.00. The minimum atomic E-state index is -3.77. The molecule has 0 radical (unpaired) electrons. The minimum absolute atomic E-state index is 0.309. The second kappa shape index (κ2) is 7.41. The van der Waals surface area contributed by atoms with Crippen LogP contribution in [-0.4, -0.2) is 18.6 Å². The van der Waals surface area contributed by atoms with E-state index in [1.807, 2.05) is 0 Å². The molecule has 0 saturated heterocycles. The van der Waals surface area contributed by atoms with Gasteiger partial charge in [0, 0.05) is 7.11 Å². The normalized spacial score (nSPS) is 15.8. The summed E-state index contributed by atoms with van der Waals surface area (Å²) in [4.78, 5) is 9.02. The number of hydrogen-bond donors (Lipinski definition) is 1. The van der Waals surface area contributed by atoms with E-state index in [1.165, 1.54) is 7.11 Å². The van der Waals surface area contributed by atoms with E-state index in [0.29, 0.717) is 12.5 Å². The van der Waals surface area contributed by atoms with E-state index in [1.54, 1.807) is 0 Å². The fourth-order valence-corrected chi connectivity index (χ4v) is 1.88. The van der Waals surface area contributed by atoms with E-state index in [-0.39, 0.29) is 0 Å². The zero-order chi connectivity index (χ0) is 11.0. The summed E-state index contributed by atoms with van der Waals surface area (Å²) in [5.74, 6) is 0.362. The first kappa shape index (κ1) is 14.1. The Balaban J connectivity index is 3.86. The van der Waals surface area contributed by atoms with E-state index in [4.69, 9.17) is 9.42 Å². The first-order chi connectivity index (χ1) is 6.55. The van der Waals surface area contributed by atoms with Crippen LogP contribution in [0.5, 0.6) is 0 Å². The molecule has 5 heteroatoms. The van der Waals surface area contributed by atoms with Gasteiger partial charge >= 0.3 is 7.82 Å². The molecular weight excluding hydrogens is 203 g/mol. The molecule has 0 spiro atoms. The summed E-state index contributed by atoms with van der Waals surface area (Å²) in [6.07, 6.45) is 4.18. The molecule has 86 valence electrons. The summed E-state index contributed by atoms with van der Waals surface area (Å²) in [7, 11) is -2.60. The molecule has 0 saturated carbocycles. The van der Waals surface area contributed by atoms with E-state index in [0.717, 1.165) is 25.7 Å². The van der Waals surface area contributed by atoms with Gasteiger partial charge in [0.25, 0.3) is 0 Å². The molecule has 0 heterocycles. The van der Waals surface area contributed by atoms with Crippen LogP contribution in [0.3, 0.4) is 0 Å². The molecule has 14 heavy (non-hydrogen) atoms. The maximum Gasteiger partial charge on any atom is 0.471 e. The smallest absolute Gasteiger partial charge is 0.303 e. The van der Waals surface area contributed by atoms with Gasteiger partial charge in [-0.2, -0.15) is 0 Å². The van der Waals surface area contributed by atoms with Crippen LogP contribution in [0, 0.1) is 5.92 Å². The standard InChI is InChI=1S/C9H21O4P/c1-4-6-9(7-5-2)8-13-14(10,11)12-3/h9H,4-8H2,1-3H3,(H,10,11). The van der Waals surface area contributed by atoms with Crippen molar-refractivity contribution in [3.63, 3.8) is 0 Å². The Labute approximate surface area is 86.2 Å². The molecule has 0 aromatic rings. The second-order valence-corrected chi connectivity index (χ2v) is 4.95. The third-order valence-electron chi connectivity index (χ3n) is 2.10. The molecule has 1 unspecified atom stereocenters. The van der Waals surface area contributed by atoms with Crippen LogP contribution >= 0.6 is 7.82 Å². The van der Waals surface area contributed by atoms with Crippen molar-refractivity contribution in [1.82, 2.24) is 0 Å². The molecule has 1 N–H and O–H groups in total. The highest BCUT2D eigenvalue weighted by Gasteiger charge is 2.20. The van der Waals surface area contributed by atoms with Crippen molar-refractivity contribution in [2.24, 2.45) is 5.92 Å². The predicted molar refractivity (Wildman–Crippen MR) is 56.1 cm³/mol. The van der Waals surface area contributed by atoms with Crippen LogP contribution in [0.25, 0.3) is 0 Å². The van der Waals surface area contributed by atoms with Gasteiger partial charge in [-0.25, -0.2) is 4.57 Å². The molecule has 0 aliphatic heterocycles. The average Bonchev–Trinajstić information content (AvgIpc) is 2.15. The van der Waals surface area contributed by atoms with Gasteiger partial charge in [0.1, 0.15) is 0 Å². The monoisotopic (exact) mass is 224 g/mol. The zero-order valence-corrected chi connectivity index (χ0v) is 10.1. The summed E-state index contributed by atoms with van der Waals surface area (Å²) in [6.45, 7) is 4.50. The Morgan fingerprint density at radius 2 is 1.79 bits per heavy atom. The molecule has 0 fully saturated rings. The topological polar surface area (TPSA) is 55.8 Å². The SMILES string of the molecule is CCCC(CCC)COP(=O)(O)OC. The first-order valence-electron chi connectivity index (χ1n) is 5.08. The van der Waals surface area contributed by atoms with Gasteiger partial charge in [0.05, 0.1) is 6.61 Å². The van der Waals surface area contributed by atoms with Gasteiger partial charge in [-0.1, -0.05) is 26.7 Å². The number of rotatable bonds is 8. The Morgan fingerprint density at radius 3 is 2.14 bits per heavy atom. The Kier molecular flexibility index (Phi) is 7.47. The van der Waals surface area contributed by atoms with Gasteiger partial charge in [-0.05, 0) is 18.8 Å². The van der Waals surface area contributed by atoms with Gasteiger partial charge in [-0.3, -0.25) is 9.05 Å². The van der Waals surface area contributed by atoms with Crippen molar-refractivity contribution in [2.75, 3.05) is 13.7 Å². The minimum Gasteiger partial charge on any atom is -0.303 e. The van der Waals surface area contributed by atoms with E-state index < -0.39 is 7.82 Å². The molecule has 0 amide bonds. The highest BCUT2D eigenvalue weighted by atomic mass is 31.2. The van der Waals surface area contributed by atoms with Crippen LogP contribution < -0.4 is 0 Å². The maximum atomic E-state index is 11.0. The average molecular weight is 224 g/mol. The number of phosphoric acid groups is 1. The van der Waals surface area contributed by atoms with Crippen molar-refractivity contribution in [3.8, 4) is 0 Å².